The van der Waals surface area contributed by atoms with Gasteiger partial charge in [0.2, 0.25) is 10.0 Å². The second-order valence-electron chi connectivity index (χ2n) is 6.02. The maximum Gasteiger partial charge on any atom is 0.211 e. The molecule has 0 aromatic rings. The Morgan fingerprint density at radius 3 is 2.58 bits per heavy atom. The lowest BCUT2D eigenvalue weighted by Gasteiger charge is -2.38. The fourth-order valence-corrected chi connectivity index (χ4v) is 4.24. The van der Waals surface area contributed by atoms with Crippen molar-refractivity contribution in [2.75, 3.05) is 46.0 Å². The molecule has 2 heterocycles. The Hall–Kier alpha value is -0.170. The Morgan fingerprint density at radius 2 is 1.89 bits per heavy atom. The van der Waals surface area contributed by atoms with Crippen LogP contribution in [0, 0.1) is 5.92 Å². The molecule has 2 rings (SSSR count). The van der Waals surface area contributed by atoms with Crippen LogP contribution < -0.4 is 5.32 Å². The summed E-state index contributed by atoms with van der Waals surface area (Å²) in [5, 5.41) is 3.36. The molecule has 2 aliphatic rings. The van der Waals surface area contributed by atoms with Crippen LogP contribution in [-0.4, -0.2) is 69.7 Å². The van der Waals surface area contributed by atoms with E-state index in [-0.39, 0.29) is 0 Å². The molecule has 5 nitrogen and oxygen atoms in total. The topological polar surface area (TPSA) is 52.6 Å². The summed E-state index contributed by atoms with van der Waals surface area (Å²) in [4.78, 5) is 2.50. The molecule has 2 atom stereocenters. The number of hydrogen-bond acceptors (Lipinski definition) is 4. The van der Waals surface area contributed by atoms with Crippen molar-refractivity contribution in [1.29, 1.82) is 0 Å². The zero-order chi connectivity index (χ0) is 13.9. The van der Waals surface area contributed by atoms with Crippen LogP contribution in [0.1, 0.15) is 25.7 Å². The van der Waals surface area contributed by atoms with Gasteiger partial charge in [-0.15, -0.1) is 0 Å². The second-order valence-corrected chi connectivity index (χ2v) is 8.00. The highest BCUT2D eigenvalue weighted by Crippen LogP contribution is 2.21. The molecule has 0 bridgehead atoms. The zero-order valence-electron chi connectivity index (χ0n) is 12.1. The average Bonchev–Trinajstić information content (AvgIpc) is 2.38. The van der Waals surface area contributed by atoms with Crippen LogP contribution in [0.2, 0.25) is 0 Å². The zero-order valence-corrected chi connectivity index (χ0v) is 13.0. The van der Waals surface area contributed by atoms with Crippen molar-refractivity contribution in [3.05, 3.63) is 0 Å². The first-order valence-electron chi connectivity index (χ1n) is 7.34. The number of rotatable bonds is 4. The van der Waals surface area contributed by atoms with Gasteiger partial charge in [-0.05, 0) is 45.2 Å². The van der Waals surface area contributed by atoms with E-state index >= 15 is 0 Å². The second kappa shape index (κ2) is 6.52. The van der Waals surface area contributed by atoms with Gasteiger partial charge in [-0.25, -0.2) is 12.7 Å². The van der Waals surface area contributed by atoms with E-state index in [0.29, 0.717) is 25.0 Å². The number of likely N-dealkylation sites (tertiary alicyclic amines) is 1. The quantitative estimate of drug-likeness (QED) is 0.811. The maximum absolute atomic E-state index is 11.6. The summed E-state index contributed by atoms with van der Waals surface area (Å²) in [5.74, 6) is 0.499. The third-order valence-corrected chi connectivity index (χ3v) is 5.65. The highest BCUT2D eigenvalue weighted by molar-refractivity contribution is 7.88. The number of piperidine rings is 2. The first-order chi connectivity index (χ1) is 8.99. The van der Waals surface area contributed by atoms with Crippen molar-refractivity contribution in [3.8, 4) is 0 Å². The summed E-state index contributed by atoms with van der Waals surface area (Å²) in [7, 11) is -0.985. The summed E-state index contributed by atoms with van der Waals surface area (Å²) >= 11 is 0. The molecule has 0 aromatic heterocycles. The smallest absolute Gasteiger partial charge is 0.211 e. The third kappa shape index (κ3) is 4.41. The van der Waals surface area contributed by atoms with Crippen LogP contribution in [0.5, 0.6) is 0 Å². The maximum atomic E-state index is 11.6. The molecule has 0 aliphatic carbocycles. The Morgan fingerprint density at radius 1 is 1.16 bits per heavy atom. The van der Waals surface area contributed by atoms with Gasteiger partial charge in [0, 0.05) is 32.2 Å². The number of nitrogens with zero attached hydrogens (tertiary/aromatic N) is 2. The molecule has 2 aliphatic heterocycles. The van der Waals surface area contributed by atoms with Crippen LogP contribution >= 0.6 is 0 Å². The summed E-state index contributed by atoms with van der Waals surface area (Å²) < 4.78 is 24.9. The summed E-state index contributed by atoms with van der Waals surface area (Å²) in [6.07, 6.45) is 5.99. The van der Waals surface area contributed by atoms with Gasteiger partial charge < -0.3 is 10.2 Å². The van der Waals surface area contributed by atoms with Crippen molar-refractivity contribution >= 4 is 10.0 Å². The molecule has 0 radical (unpaired) electrons. The molecule has 1 N–H and O–H groups in total. The van der Waals surface area contributed by atoms with Crippen molar-refractivity contribution in [2.24, 2.45) is 5.92 Å². The molecule has 2 saturated heterocycles. The molecule has 2 fully saturated rings. The largest absolute Gasteiger partial charge is 0.316 e. The first kappa shape index (κ1) is 15.2. The number of likely N-dealkylation sites (N-methyl/N-ethyl adjacent to an activating group) is 1. The predicted molar refractivity (Wildman–Crippen MR) is 77.7 cm³/mol. The molecule has 6 heteroatoms. The van der Waals surface area contributed by atoms with E-state index in [0.717, 1.165) is 32.5 Å². The summed E-state index contributed by atoms with van der Waals surface area (Å²) in [6.45, 7) is 4.72. The lowest BCUT2D eigenvalue weighted by Crippen LogP contribution is -2.48. The lowest BCUT2D eigenvalue weighted by atomic mass is 9.97. The fraction of sp³-hybridized carbons (Fsp3) is 1.00. The van der Waals surface area contributed by atoms with Crippen molar-refractivity contribution in [3.63, 3.8) is 0 Å². The van der Waals surface area contributed by atoms with Crippen LogP contribution in [0.15, 0.2) is 0 Å². The van der Waals surface area contributed by atoms with Crippen LogP contribution in [0.25, 0.3) is 0 Å². The third-order valence-electron chi connectivity index (χ3n) is 4.38. The molecule has 2 unspecified atom stereocenters. The molecule has 0 spiro atoms. The van der Waals surface area contributed by atoms with E-state index in [2.05, 4.69) is 10.2 Å². The molecular weight excluding hydrogens is 262 g/mol. The van der Waals surface area contributed by atoms with Crippen LogP contribution in [0.3, 0.4) is 0 Å². The minimum atomic E-state index is -3.01. The van der Waals surface area contributed by atoms with Crippen molar-refractivity contribution in [2.45, 2.75) is 31.7 Å². The van der Waals surface area contributed by atoms with Gasteiger partial charge in [-0.1, -0.05) is 0 Å². The van der Waals surface area contributed by atoms with Gasteiger partial charge >= 0.3 is 0 Å². The van der Waals surface area contributed by atoms with Crippen LogP contribution in [-0.2, 0) is 10.0 Å². The molecular formula is C13H27N3O2S. The van der Waals surface area contributed by atoms with Gasteiger partial charge in [-0.3, -0.25) is 0 Å². The van der Waals surface area contributed by atoms with E-state index in [1.807, 2.05) is 7.05 Å². The summed E-state index contributed by atoms with van der Waals surface area (Å²) in [5.41, 5.74) is 0. The van der Waals surface area contributed by atoms with Crippen LogP contribution in [0.4, 0.5) is 0 Å². The molecule has 0 aromatic carbocycles. The standard InChI is InChI=1S/C13H27N3O2S/c1-14-13-6-4-7-15(11-13)9-12-5-3-8-16(10-12)19(2,17)18/h12-14H,3-11H2,1-2H3. The molecule has 0 amide bonds. The van der Waals surface area contributed by atoms with Gasteiger partial charge in [0.25, 0.3) is 0 Å². The Bertz CT molecular complexity index is 385. The Balaban J connectivity index is 1.85. The van der Waals surface area contributed by atoms with Gasteiger partial charge in [0.1, 0.15) is 0 Å². The van der Waals surface area contributed by atoms with Gasteiger partial charge in [0.05, 0.1) is 6.26 Å². The Labute approximate surface area is 117 Å². The number of hydrogen-bond donors (Lipinski definition) is 1. The van der Waals surface area contributed by atoms with Crippen molar-refractivity contribution in [1.82, 2.24) is 14.5 Å². The van der Waals surface area contributed by atoms with Gasteiger partial charge in [-0.2, -0.15) is 0 Å². The van der Waals surface area contributed by atoms with Gasteiger partial charge in [0.15, 0.2) is 0 Å². The average molecular weight is 289 g/mol. The fourth-order valence-electron chi connectivity index (χ4n) is 3.30. The Kier molecular flexibility index (Phi) is 5.22. The monoisotopic (exact) mass is 289 g/mol. The minimum absolute atomic E-state index is 0.499. The predicted octanol–water partition coefficient (Wildman–Crippen LogP) is 0.342. The SMILES string of the molecule is CNC1CCCN(CC2CCCN(S(C)(=O)=O)C2)C1. The number of nitrogens with one attached hydrogen (secondary N) is 1. The van der Waals surface area contributed by atoms with E-state index in [9.17, 15) is 8.42 Å². The normalized spacial score (nSPS) is 31.5. The van der Waals surface area contributed by atoms with E-state index in [1.165, 1.54) is 19.1 Å². The van der Waals surface area contributed by atoms with E-state index in [4.69, 9.17) is 0 Å². The molecule has 0 saturated carbocycles. The first-order valence-corrected chi connectivity index (χ1v) is 9.18. The van der Waals surface area contributed by atoms with E-state index < -0.39 is 10.0 Å². The number of sulfonamides is 1. The highest BCUT2D eigenvalue weighted by atomic mass is 32.2. The molecule has 112 valence electrons. The highest BCUT2D eigenvalue weighted by Gasteiger charge is 2.28. The van der Waals surface area contributed by atoms with Crippen molar-refractivity contribution < 1.29 is 8.42 Å². The van der Waals surface area contributed by atoms with E-state index in [1.54, 1.807) is 4.31 Å². The minimum Gasteiger partial charge on any atom is -0.316 e. The molecule has 19 heavy (non-hydrogen) atoms. The summed E-state index contributed by atoms with van der Waals surface area (Å²) in [6, 6.07) is 0.600. The lowest BCUT2D eigenvalue weighted by molar-refractivity contribution is 0.141.